The summed E-state index contributed by atoms with van der Waals surface area (Å²) in [5.74, 6) is 9.54. The molecule has 4 saturated carbocycles. The van der Waals surface area contributed by atoms with Gasteiger partial charge in [0.25, 0.3) is 0 Å². The number of hydrogen-bond donors (Lipinski definition) is 1. The maximum Gasteiger partial charge on any atom is 0.382 e. The average molecular weight is 400 g/mol. The number of fused-ring (bicyclic) bond motifs is 1. The van der Waals surface area contributed by atoms with Crippen LogP contribution in [0.3, 0.4) is 0 Å². The van der Waals surface area contributed by atoms with Gasteiger partial charge in [-0.1, -0.05) is 18.1 Å². The highest BCUT2D eigenvalue weighted by atomic mass is 16.7. The Balaban J connectivity index is 1.38. The summed E-state index contributed by atoms with van der Waals surface area (Å²) in [5.41, 5.74) is 4.24. The second-order valence-electron chi connectivity index (χ2n) is 9.39. The molecule has 2 aromatic carbocycles. The molecule has 1 N–H and O–H groups in total. The van der Waals surface area contributed by atoms with Crippen LogP contribution in [0, 0.1) is 35.5 Å². The topological polar surface area (TPSA) is 55.8 Å². The van der Waals surface area contributed by atoms with E-state index in [1.54, 1.807) is 0 Å². The maximum atomic E-state index is 10.7. The zero-order valence-electron chi connectivity index (χ0n) is 16.8. The Bertz CT molecular complexity index is 1040. The fourth-order valence-corrected chi connectivity index (χ4v) is 6.76. The highest BCUT2D eigenvalue weighted by molar-refractivity contribution is 5.87. The minimum atomic E-state index is -1.12. The fraction of sp³-hybridized carbons (Fsp3) is 0.423. The molecule has 0 radical (unpaired) electrons. The van der Waals surface area contributed by atoms with Crippen molar-refractivity contribution in [2.45, 2.75) is 38.0 Å². The zero-order chi connectivity index (χ0) is 20.2. The molecule has 1 aliphatic heterocycles. The van der Waals surface area contributed by atoms with Crippen LogP contribution in [0.15, 0.2) is 36.4 Å². The van der Waals surface area contributed by atoms with Crippen LogP contribution in [-0.2, 0) is 4.79 Å². The third-order valence-electron chi connectivity index (χ3n) is 7.62. The molecule has 4 heteroatoms. The third kappa shape index (κ3) is 2.96. The molecule has 7 rings (SSSR count). The quantitative estimate of drug-likeness (QED) is 0.716. The van der Waals surface area contributed by atoms with Crippen molar-refractivity contribution < 1.29 is 19.4 Å². The summed E-state index contributed by atoms with van der Waals surface area (Å²) >= 11 is 0. The molecule has 1 heterocycles. The number of carboxylic acid groups (broad SMARTS) is 1. The predicted octanol–water partition coefficient (Wildman–Crippen LogP) is 5.06. The van der Waals surface area contributed by atoms with Crippen molar-refractivity contribution in [3.63, 3.8) is 0 Å². The summed E-state index contributed by atoms with van der Waals surface area (Å²) in [5, 5.41) is 8.74. The Morgan fingerprint density at radius 1 is 0.900 bits per heavy atom. The molecule has 0 amide bonds. The molecule has 30 heavy (non-hydrogen) atoms. The molecule has 0 aromatic heterocycles. The molecule has 0 spiro atoms. The lowest BCUT2D eigenvalue weighted by molar-refractivity contribution is -0.130. The number of rotatable bonds is 2. The normalized spacial score (nSPS) is 30.1. The molecule has 0 atom stereocenters. The van der Waals surface area contributed by atoms with E-state index in [0.717, 1.165) is 46.3 Å². The first-order chi connectivity index (χ1) is 14.6. The molecule has 4 bridgehead atoms. The SMILES string of the molecule is O=C(O)C#Cc1ccc(-c2cc3c(c(C4C5CC6CC(C5)CC4C6)c2)OCO3)cc1. The van der Waals surface area contributed by atoms with Crippen LogP contribution >= 0.6 is 0 Å². The number of ether oxygens (including phenoxy) is 2. The Kier molecular flexibility index (Phi) is 4.06. The van der Waals surface area contributed by atoms with Gasteiger partial charge in [0.1, 0.15) is 0 Å². The molecule has 2 aromatic rings. The molecule has 4 aliphatic carbocycles. The highest BCUT2D eigenvalue weighted by Gasteiger charge is 2.49. The van der Waals surface area contributed by atoms with Crippen LogP contribution in [0.25, 0.3) is 11.1 Å². The van der Waals surface area contributed by atoms with E-state index in [1.165, 1.54) is 37.7 Å². The Morgan fingerprint density at radius 3 is 2.27 bits per heavy atom. The van der Waals surface area contributed by atoms with Crippen molar-refractivity contribution in [3.05, 3.63) is 47.5 Å². The first-order valence-corrected chi connectivity index (χ1v) is 10.9. The molecule has 0 unspecified atom stereocenters. The minimum Gasteiger partial charge on any atom is -0.472 e. The largest absolute Gasteiger partial charge is 0.472 e. The zero-order valence-corrected chi connectivity index (χ0v) is 16.8. The second kappa shape index (κ2) is 6.80. The minimum absolute atomic E-state index is 0.294. The first-order valence-electron chi connectivity index (χ1n) is 10.9. The van der Waals surface area contributed by atoms with E-state index >= 15 is 0 Å². The van der Waals surface area contributed by atoms with Gasteiger partial charge in [0, 0.05) is 17.0 Å². The summed E-state index contributed by atoms with van der Waals surface area (Å²) in [7, 11) is 0. The van der Waals surface area contributed by atoms with Gasteiger partial charge in [0.15, 0.2) is 11.5 Å². The molecular weight excluding hydrogens is 376 g/mol. The smallest absolute Gasteiger partial charge is 0.382 e. The Labute approximate surface area is 176 Å². The number of aliphatic carboxylic acids is 1. The molecule has 152 valence electrons. The molecule has 0 saturated heterocycles. The monoisotopic (exact) mass is 400 g/mol. The van der Waals surface area contributed by atoms with Crippen molar-refractivity contribution in [2.24, 2.45) is 23.7 Å². The lowest BCUT2D eigenvalue weighted by Gasteiger charge is -2.54. The lowest BCUT2D eigenvalue weighted by Crippen LogP contribution is -2.43. The van der Waals surface area contributed by atoms with E-state index in [1.807, 2.05) is 24.3 Å². The van der Waals surface area contributed by atoms with Crippen LogP contribution in [0.4, 0.5) is 0 Å². The molecule has 4 fully saturated rings. The van der Waals surface area contributed by atoms with E-state index in [0.29, 0.717) is 18.3 Å². The maximum absolute atomic E-state index is 10.7. The number of carboxylic acids is 1. The van der Waals surface area contributed by atoms with Crippen LogP contribution in [-0.4, -0.2) is 17.9 Å². The standard InChI is InChI=1S/C26H24O4/c27-24(28)6-3-15-1-4-18(5-2-15)19-12-22(26-23(13-19)29-14-30-26)25-20-8-16-7-17(10-20)11-21(25)9-16/h1-2,4-5,12-13,16-17,20-21,25H,7-11,14H2,(H,27,28). The van der Waals surface area contributed by atoms with Crippen LogP contribution < -0.4 is 9.47 Å². The van der Waals surface area contributed by atoms with E-state index in [4.69, 9.17) is 14.6 Å². The van der Waals surface area contributed by atoms with Crippen molar-refractivity contribution in [1.29, 1.82) is 0 Å². The van der Waals surface area contributed by atoms with Crippen molar-refractivity contribution in [1.82, 2.24) is 0 Å². The Hall–Kier alpha value is -2.93. The summed E-state index contributed by atoms with van der Waals surface area (Å²) in [6, 6.07) is 12.1. The van der Waals surface area contributed by atoms with E-state index < -0.39 is 5.97 Å². The third-order valence-corrected chi connectivity index (χ3v) is 7.62. The summed E-state index contributed by atoms with van der Waals surface area (Å²) in [6.45, 7) is 0.294. The number of hydrogen-bond acceptors (Lipinski definition) is 3. The van der Waals surface area contributed by atoms with Gasteiger partial charge in [-0.15, -0.1) is 0 Å². The van der Waals surface area contributed by atoms with E-state index in [9.17, 15) is 4.79 Å². The van der Waals surface area contributed by atoms with Crippen LogP contribution in [0.5, 0.6) is 11.5 Å². The summed E-state index contributed by atoms with van der Waals surface area (Å²) in [6.07, 6.45) is 6.93. The van der Waals surface area contributed by atoms with Crippen molar-refractivity contribution in [3.8, 4) is 34.5 Å². The molecule has 5 aliphatic rings. The van der Waals surface area contributed by atoms with Crippen LogP contribution in [0.1, 0.15) is 49.1 Å². The van der Waals surface area contributed by atoms with E-state index in [-0.39, 0.29) is 0 Å². The molecular formula is C26H24O4. The van der Waals surface area contributed by atoms with Gasteiger partial charge in [0.05, 0.1) is 0 Å². The highest BCUT2D eigenvalue weighted by Crippen LogP contribution is 2.62. The van der Waals surface area contributed by atoms with E-state index in [2.05, 4.69) is 24.0 Å². The Morgan fingerprint density at radius 2 is 1.60 bits per heavy atom. The fourth-order valence-electron chi connectivity index (χ4n) is 6.76. The van der Waals surface area contributed by atoms with Gasteiger partial charge in [-0.05, 0) is 97.1 Å². The van der Waals surface area contributed by atoms with Gasteiger partial charge < -0.3 is 14.6 Å². The second-order valence-corrected chi connectivity index (χ2v) is 9.39. The summed E-state index contributed by atoms with van der Waals surface area (Å²) in [4.78, 5) is 10.7. The summed E-state index contributed by atoms with van der Waals surface area (Å²) < 4.78 is 11.8. The van der Waals surface area contributed by atoms with Gasteiger partial charge in [-0.2, -0.15) is 0 Å². The van der Waals surface area contributed by atoms with Crippen molar-refractivity contribution in [2.75, 3.05) is 6.79 Å². The van der Waals surface area contributed by atoms with Crippen LogP contribution in [0.2, 0.25) is 0 Å². The van der Waals surface area contributed by atoms with Gasteiger partial charge in [-0.3, -0.25) is 0 Å². The van der Waals surface area contributed by atoms with Gasteiger partial charge in [0.2, 0.25) is 6.79 Å². The predicted molar refractivity (Wildman–Crippen MR) is 112 cm³/mol. The lowest BCUT2D eigenvalue weighted by atomic mass is 9.50. The molecule has 4 nitrogen and oxygen atoms in total. The number of benzene rings is 2. The number of carbonyl (C=O) groups is 1. The first kappa shape index (κ1) is 17.9. The van der Waals surface area contributed by atoms with Gasteiger partial charge >= 0.3 is 5.97 Å². The van der Waals surface area contributed by atoms with Crippen molar-refractivity contribution >= 4 is 5.97 Å². The van der Waals surface area contributed by atoms with Gasteiger partial charge in [-0.25, -0.2) is 4.79 Å². The average Bonchev–Trinajstić information content (AvgIpc) is 3.20.